The third-order valence-electron chi connectivity index (χ3n) is 14.2. The fraction of sp³-hybridized carbons (Fsp3) is 0.0164. The summed E-state index contributed by atoms with van der Waals surface area (Å²) >= 11 is 0. The highest BCUT2D eigenvalue weighted by Crippen LogP contribution is 2.66. The smallest absolute Gasteiger partial charge is 0.0619 e. The maximum atomic E-state index is 2.52. The average Bonchev–Trinajstić information content (AvgIpc) is 3.81. The van der Waals surface area contributed by atoms with Crippen molar-refractivity contribution in [2.75, 3.05) is 0 Å². The van der Waals surface area contributed by atoms with Crippen LogP contribution < -0.4 is 0 Å². The molecule has 0 aromatic heterocycles. The Labute approximate surface area is 353 Å². The van der Waals surface area contributed by atoms with Crippen molar-refractivity contribution in [3.05, 3.63) is 241 Å². The second-order valence-corrected chi connectivity index (χ2v) is 17.0. The van der Waals surface area contributed by atoms with Crippen LogP contribution in [0.4, 0.5) is 0 Å². The molecule has 12 aromatic rings. The SMILES string of the molecule is c1ccc2c(c1)-c1ccccc1C21c2ccc3ccccc3c2-c2c1c1ccc(-c3c4ccccc4c(-c4ccc5ccccc5c4)c4ccccc34)cc1c1ccccc21. The van der Waals surface area contributed by atoms with Gasteiger partial charge >= 0.3 is 0 Å². The molecular weight excluding hydrogens is 733 g/mol. The maximum absolute atomic E-state index is 2.52. The molecule has 0 radical (unpaired) electrons. The van der Waals surface area contributed by atoms with Crippen LogP contribution in [-0.2, 0) is 5.41 Å². The largest absolute Gasteiger partial charge is 0.0732 e. The number of hydrogen-bond donors (Lipinski definition) is 0. The van der Waals surface area contributed by atoms with E-state index >= 15 is 0 Å². The van der Waals surface area contributed by atoms with E-state index in [1.807, 2.05) is 0 Å². The van der Waals surface area contributed by atoms with Crippen molar-refractivity contribution in [2.24, 2.45) is 0 Å². The Morgan fingerprint density at radius 3 is 1.33 bits per heavy atom. The van der Waals surface area contributed by atoms with Gasteiger partial charge in [0.1, 0.15) is 0 Å². The summed E-state index contributed by atoms with van der Waals surface area (Å²) in [5.41, 5.74) is 15.5. The molecule has 0 heteroatoms. The van der Waals surface area contributed by atoms with Crippen LogP contribution in [-0.4, -0.2) is 0 Å². The Kier molecular flexibility index (Phi) is 6.58. The van der Waals surface area contributed by atoms with Gasteiger partial charge in [-0.3, -0.25) is 0 Å². The van der Waals surface area contributed by atoms with Crippen LogP contribution >= 0.6 is 0 Å². The zero-order valence-corrected chi connectivity index (χ0v) is 33.3. The van der Waals surface area contributed by atoms with Crippen LogP contribution in [0.15, 0.2) is 218 Å². The van der Waals surface area contributed by atoms with E-state index in [9.17, 15) is 0 Å². The van der Waals surface area contributed by atoms with Crippen LogP contribution in [0.5, 0.6) is 0 Å². The third kappa shape index (κ3) is 4.24. The lowest BCUT2D eigenvalue weighted by atomic mass is 9.69. The molecule has 0 heterocycles. The average molecular weight is 769 g/mol. The van der Waals surface area contributed by atoms with Crippen molar-refractivity contribution in [3.63, 3.8) is 0 Å². The minimum atomic E-state index is -0.480. The second kappa shape index (κ2) is 12.1. The summed E-state index contributed by atoms with van der Waals surface area (Å²) in [6.45, 7) is 0. The van der Waals surface area contributed by atoms with Crippen LogP contribution in [0.25, 0.3) is 109 Å². The molecule has 61 heavy (non-hydrogen) atoms. The minimum absolute atomic E-state index is 0.480. The van der Waals surface area contributed by atoms with Crippen molar-refractivity contribution in [1.82, 2.24) is 0 Å². The van der Waals surface area contributed by atoms with E-state index in [4.69, 9.17) is 0 Å². The van der Waals surface area contributed by atoms with Gasteiger partial charge < -0.3 is 0 Å². The van der Waals surface area contributed by atoms with E-state index in [0.717, 1.165) is 0 Å². The van der Waals surface area contributed by atoms with Crippen LogP contribution in [0.3, 0.4) is 0 Å². The van der Waals surface area contributed by atoms with E-state index in [2.05, 4.69) is 218 Å². The molecule has 0 bridgehead atoms. The molecule has 2 aliphatic carbocycles. The van der Waals surface area contributed by atoms with E-state index < -0.39 is 5.41 Å². The molecular formula is C61H36. The topological polar surface area (TPSA) is 0 Å². The standard InChI is InChI=1S/C61H36/c1-2-17-39-35-40(30-29-37(39)15-1)56-47-23-7-9-25-49(47)57(50-26-10-8-24-48(50)56)41-31-33-51-52(36-41)43-19-5-6-22-46(43)59-58-42-18-4-3-16-38(42)32-34-55(58)61(60(51)59)53-27-13-11-20-44(53)45-21-12-14-28-54(45)61/h1-36H. The predicted molar refractivity (Wildman–Crippen MR) is 259 cm³/mol. The fourth-order valence-corrected chi connectivity index (χ4v) is 11.9. The monoisotopic (exact) mass is 768 g/mol. The molecule has 0 nitrogen and oxygen atoms in total. The quantitative estimate of drug-likeness (QED) is 0.121. The third-order valence-corrected chi connectivity index (χ3v) is 14.2. The van der Waals surface area contributed by atoms with Crippen LogP contribution in [0.2, 0.25) is 0 Å². The number of rotatable bonds is 2. The molecule has 280 valence electrons. The van der Waals surface area contributed by atoms with Crippen molar-refractivity contribution in [3.8, 4) is 44.5 Å². The fourth-order valence-electron chi connectivity index (χ4n) is 11.9. The van der Waals surface area contributed by atoms with Gasteiger partial charge in [-0.15, -0.1) is 0 Å². The molecule has 1 spiro atoms. The van der Waals surface area contributed by atoms with Gasteiger partial charge in [-0.25, -0.2) is 0 Å². The highest BCUT2D eigenvalue weighted by atomic mass is 14.5. The first-order valence-electron chi connectivity index (χ1n) is 21.4. The summed E-state index contributed by atoms with van der Waals surface area (Å²) in [7, 11) is 0. The molecule has 0 saturated heterocycles. The second-order valence-electron chi connectivity index (χ2n) is 17.0. The van der Waals surface area contributed by atoms with Gasteiger partial charge in [-0.2, -0.15) is 0 Å². The number of hydrogen-bond acceptors (Lipinski definition) is 0. The van der Waals surface area contributed by atoms with Crippen molar-refractivity contribution in [2.45, 2.75) is 5.41 Å². The van der Waals surface area contributed by atoms with E-state index in [-0.39, 0.29) is 0 Å². The minimum Gasteiger partial charge on any atom is -0.0619 e. The zero-order valence-electron chi connectivity index (χ0n) is 33.3. The van der Waals surface area contributed by atoms with Gasteiger partial charge in [0.2, 0.25) is 0 Å². The Bertz CT molecular complexity index is 3780. The van der Waals surface area contributed by atoms with E-state index in [0.29, 0.717) is 0 Å². The first kappa shape index (κ1) is 33.1. The lowest BCUT2D eigenvalue weighted by Gasteiger charge is -2.32. The summed E-state index contributed by atoms with van der Waals surface area (Å²) in [4.78, 5) is 0. The summed E-state index contributed by atoms with van der Waals surface area (Å²) < 4.78 is 0. The Balaban J connectivity index is 1.12. The molecule has 0 atom stereocenters. The molecule has 0 unspecified atom stereocenters. The Hall–Kier alpha value is -7.80. The van der Waals surface area contributed by atoms with Crippen LogP contribution in [0.1, 0.15) is 22.3 Å². The van der Waals surface area contributed by atoms with Crippen molar-refractivity contribution >= 4 is 64.6 Å². The van der Waals surface area contributed by atoms with Gasteiger partial charge in [-0.1, -0.05) is 206 Å². The van der Waals surface area contributed by atoms with E-state index in [1.54, 1.807) is 0 Å². The molecule has 0 saturated carbocycles. The summed E-state index contributed by atoms with van der Waals surface area (Å²) in [5, 5.41) is 15.4. The Morgan fingerprint density at radius 2 is 0.689 bits per heavy atom. The predicted octanol–water partition coefficient (Wildman–Crippen LogP) is 16.3. The summed E-state index contributed by atoms with van der Waals surface area (Å²) in [6.07, 6.45) is 0. The van der Waals surface area contributed by atoms with Gasteiger partial charge in [0.05, 0.1) is 5.41 Å². The van der Waals surface area contributed by atoms with Gasteiger partial charge in [-0.05, 0) is 144 Å². The van der Waals surface area contributed by atoms with Crippen LogP contribution in [0, 0.1) is 0 Å². The molecule has 14 rings (SSSR count). The highest BCUT2D eigenvalue weighted by Gasteiger charge is 2.53. The van der Waals surface area contributed by atoms with Gasteiger partial charge in [0, 0.05) is 0 Å². The summed E-state index contributed by atoms with van der Waals surface area (Å²) in [5.74, 6) is 0. The molecule has 12 aromatic carbocycles. The molecule has 0 fully saturated rings. The molecule has 0 N–H and O–H groups in total. The summed E-state index contributed by atoms with van der Waals surface area (Å²) in [6, 6.07) is 82.4. The lowest BCUT2D eigenvalue weighted by molar-refractivity contribution is 0.802. The normalized spacial score (nSPS) is 13.4. The lowest BCUT2D eigenvalue weighted by Crippen LogP contribution is -2.26. The van der Waals surface area contributed by atoms with Crippen molar-refractivity contribution in [1.29, 1.82) is 0 Å². The first-order chi connectivity index (χ1) is 30.3. The molecule has 0 aliphatic heterocycles. The maximum Gasteiger partial charge on any atom is 0.0732 e. The molecule has 2 aliphatic rings. The first-order valence-corrected chi connectivity index (χ1v) is 21.4. The molecule has 0 amide bonds. The highest BCUT2D eigenvalue weighted by molar-refractivity contribution is 6.26. The Morgan fingerprint density at radius 1 is 0.230 bits per heavy atom. The van der Waals surface area contributed by atoms with E-state index in [1.165, 1.54) is 131 Å². The zero-order chi connectivity index (χ0) is 39.8. The number of fused-ring (bicyclic) bond motifs is 20. The van der Waals surface area contributed by atoms with Gasteiger partial charge in [0.25, 0.3) is 0 Å². The van der Waals surface area contributed by atoms with Crippen molar-refractivity contribution < 1.29 is 0 Å². The number of benzene rings is 12. The van der Waals surface area contributed by atoms with Gasteiger partial charge in [0.15, 0.2) is 0 Å².